The highest BCUT2D eigenvalue weighted by Crippen LogP contribution is 2.27. The average molecular weight is 415 g/mol. The molecule has 0 atom stereocenters. The molecule has 0 heterocycles. The summed E-state index contributed by atoms with van der Waals surface area (Å²) in [5.74, 6) is -2.02. The summed E-state index contributed by atoms with van der Waals surface area (Å²) in [6.45, 7) is 0. The number of anilines is 2. The Balaban J connectivity index is 2.26. The quantitative estimate of drug-likeness (QED) is 0.627. The predicted octanol–water partition coefficient (Wildman–Crippen LogP) is 3.37. The van der Waals surface area contributed by atoms with E-state index in [4.69, 9.17) is 28.3 Å². The van der Waals surface area contributed by atoms with E-state index in [1.54, 1.807) is 0 Å². The fraction of sp³-hybridized carbons (Fsp3) is 0. The smallest absolute Gasteiger partial charge is 0.328 e. The number of benzene rings is 2. The summed E-state index contributed by atoms with van der Waals surface area (Å²) in [6, 6.07) is 9.85. The Hall–Kier alpha value is -2.55. The molecule has 0 radical (unpaired) electrons. The van der Waals surface area contributed by atoms with Crippen LogP contribution in [-0.2, 0) is 19.6 Å². The van der Waals surface area contributed by atoms with Gasteiger partial charge in [0.1, 0.15) is 4.90 Å². The molecule has 3 N–H and O–H groups in total. The van der Waals surface area contributed by atoms with E-state index < -0.39 is 21.9 Å². The molecule has 0 fully saturated rings. The first-order chi connectivity index (χ1) is 12.2. The van der Waals surface area contributed by atoms with Crippen molar-refractivity contribution >= 4 is 56.5 Å². The molecule has 0 aliphatic carbocycles. The lowest BCUT2D eigenvalue weighted by molar-refractivity contribution is -0.131. The normalized spacial score (nSPS) is 11.3. The number of carbonyl (C=O) groups excluding carboxylic acids is 1. The Bertz CT molecular complexity index is 973. The van der Waals surface area contributed by atoms with Crippen LogP contribution in [0.15, 0.2) is 59.5 Å². The number of nitrogens with one attached hydrogen (secondary N) is 2. The van der Waals surface area contributed by atoms with Gasteiger partial charge >= 0.3 is 5.97 Å². The lowest BCUT2D eigenvalue weighted by Gasteiger charge is -2.11. The minimum Gasteiger partial charge on any atom is -0.478 e. The van der Waals surface area contributed by atoms with Crippen LogP contribution >= 0.6 is 23.2 Å². The standard InChI is InChI=1S/C16H12Cl2N2O5S/c17-10-1-3-11(4-2-10)20-26(24,25)14-9-12(5-6-13(14)18)19-15(21)7-8-16(22)23/h1-9,20H,(H,19,21)(H,22,23). The molecule has 0 spiro atoms. The van der Waals surface area contributed by atoms with Crippen molar-refractivity contribution in [1.82, 2.24) is 0 Å². The van der Waals surface area contributed by atoms with Crippen LogP contribution in [0.4, 0.5) is 11.4 Å². The Morgan fingerprint density at radius 3 is 2.19 bits per heavy atom. The van der Waals surface area contributed by atoms with Gasteiger partial charge in [-0.15, -0.1) is 0 Å². The van der Waals surface area contributed by atoms with Gasteiger partial charge < -0.3 is 10.4 Å². The van der Waals surface area contributed by atoms with Gasteiger partial charge in [-0.3, -0.25) is 9.52 Å². The number of carbonyl (C=O) groups is 2. The Morgan fingerprint density at radius 2 is 1.58 bits per heavy atom. The van der Waals surface area contributed by atoms with E-state index in [1.165, 1.54) is 36.4 Å². The number of amides is 1. The number of hydrogen-bond donors (Lipinski definition) is 3. The van der Waals surface area contributed by atoms with Crippen molar-refractivity contribution in [1.29, 1.82) is 0 Å². The van der Waals surface area contributed by atoms with E-state index in [9.17, 15) is 18.0 Å². The van der Waals surface area contributed by atoms with Crippen LogP contribution in [0.2, 0.25) is 10.0 Å². The minimum absolute atomic E-state index is 0.0504. The fourth-order valence-corrected chi connectivity index (χ4v) is 3.56. The van der Waals surface area contributed by atoms with Gasteiger partial charge in [-0.05, 0) is 42.5 Å². The monoisotopic (exact) mass is 414 g/mol. The third-order valence-corrected chi connectivity index (χ3v) is 5.08. The number of halogens is 2. The molecule has 2 aromatic carbocycles. The van der Waals surface area contributed by atoms with Crippen LogP contribution in [0, 0.1) is 0 Å². The maximum Gasteiger partial charge on any atom is 0.328 e. The third kappa shape index (κ3) is 5.48. The number of aliphatic carboxylic acids is 1. The van der Waals surface area contributed by atoms with Crippen molar-refractivity contribution in [2.45, 2.75) is 4.90 Å². The highest BCUT2D eigenvalue weighted by atomic mass is 35.5. The van der Waals surface area contributed by atoms with Gasteiger partial charge in [-0.1, -0.05) is 23.2 Å². The number of carboxylic acid groups (broad SMARTS) is 1. The van der Waals surface area contributed by atoms with Gasteiger partial charge in [0.15, 0.2) is 0 Å². The zero-order chi connectivity index (χ0) is 19.3. The van der Waals surface area contributed by atoms with Crippen molar-refractivity contribution < 1.29 is 23.1 Å². The molecular formula is C16H12Cl2N2O5S. The molecule has 0 saturated carbocycles. The van der Waals surface area contributed by atoms with Gasteiger partial charge in [0.25, 0.3) is 10.0 Å². The number of sulfonamides is 1. The van der Waals surface area contributed by atoms with Crippen LogP contribution < -0.4 is 10.0 Å². The summed E-state index contributed by atoms with van der Waals surface area (Å²) < 4.78 is 27.4. The van der Waals surface area contributed by atoms with Crippen molar-refractivity contribution in [2.75, 3.05) is 10.0 Å². The molecule has 1 amide bonds. The van der Waals surface area contributed by atoms with E-state index in [0.717, 1.165) is 12.1 Å². The molecule has 0 bridgehead atoms. The molecule has 136 valence electrons. The molecule has 10 heteroatoms. The molecule has 0 aliphatic rings. The lowest BCUT2D eigenvalue weighted by atomic mass is 10.3. The highest BCUT2D eigenvalue weighted by Gasteiger charge is 2.19. The van der Waals surface area contributed by atoms with Crippen LogP contribution in [0.5, 0.6) is 0 Å². The van der Waals surface area contributed by atoms with E-state index in [0.29, 0.717) is 11.1 Å². The first-order valence-electron chi connectivity index (χ1n) is 6.97. The van der Waals surface area contributed by atoms with Gasteiger partial charge in [0.05, 0.1) is 5.02 Å². The third-order valence-electron chi connectivity index (χ3n) is 2.96. The molecule has 26 heavy (non-hydrogen) atoms. The summed E-state index contributed by atoms with van der Waals surface area (Å²) in [5, 5.41) is 11.2. The fourth-order valence-electron chi connectivity index (χ4n) is 1.85. The molecule has 0 aromatic heterocycles. The molecule has 0 unspecified atom stereocenters. The average Bonchev–Trinajstić information content (AvgIpc) is 2.56. The molecule has 2 rings (SSSR count). The van der Waals surface area contributed by atoms with Gasteiger partial charge in [-0.2, -0.15) is 0 Å². The predicted molar refractivity (Wildman–Crippen MR) is 99.1 cm³/mol. The van der Waals surface area contributed by atoms with Crippen LogP contribution in [0.25, 0.3) is 0 Å². The Labute approximate surface area is 159 Å². The van der Waals surface area contributed by atoms with Crippen molar-refractivity contribution in [3.05, 3.63) is 64.7 Å². The summed E-state index contributed by atoms with van der Waals surface area (Å²) in [6.07, 6.45) is 1.46. The highest BCUT2D eigenvalue weighted by molar-refractivity contribution is 7.92. The topological polar surface area (TPSA) is 113 Å². The first-order valence-corrected chi connectivity index (χ1v) is 9.21. The number of hydrogen-bond acceptors (Lipinski definition) is 4. The van der Waals surface area contributed by atoms with Crippen molar-refractivity contribution in [2.24, 2.45) is 0 Å². The molecule has 0 saturated heterocycles. The summed E-state index contributed by atoms with van der Waals surface area (Å²) in [7, 11) is -4.03. The van der Waals surface area contributed by atoms with Gasteiger partial charge in [0.2, 0.25) is 5.91 Å². The molecule has 0 aliphatic heterocycles. The first kappa shape index (κ1) is 19.8. The van der Waals surface area contributed by atoms with E-state index in [2.05, 4.69) is 10.0 Å². The minimum atomic E-state index is -4.03. The van der Waals surface area contributed by atoms with Gasteiger partial charge in [0, 0.05) is 28.5 Å². The second-order valence-electron chi connectivity index (χ2n) is 4.92. The maximum atomic E-state index is 12.5. The molecule has 7 nitrogen and oxygen atoms in total. The van der Waals surface area contributed by atoms with Crippen LogP contribution in [-0.4, -0.2) is 25.4 Å². The SMILES string of the molecule is O=C(O)C=CC(=O)Nc1ccc(Cl)c(S(=O)(=O)Nc2ccc(Cl)cc2)c1. The van der Waals surface area contributed by atoms with E-state index in [-0.39, 0.29) is 21.3 Å². The van der Waals surface area contributed by atoms with E-state index in [1.807, 2.05) is 0 Å². The summed E-state index contributed by atoms with van der Waals surface area (Å²) in [5.41, 5.74) is 0.412. The zero-order valence-corrected chi connectivity index (χ0v) is 15.3. The zero-order valence-electron chi connectivity index (χ0n) is 12.9. The maximum absolute atomic E-state index is 12.5. The second-order valence-corrected chi connectivity index (χ2v) is 7.41. The summed E-state index contributed by atoms with van der Waals surface area (Å²) >= 11 is 11.7. The largest absolute Gasteiger partial charge is 0.478 e. The van der Waals surface area contributed by atoms with Gasteiger partial charge in [-0.25, -0.2) is 13.2 Å². The summed E-state index contributed by atoms with van der Waals surface area (Å²) in [4.78, 5) is 21.8. The Morgan fingerprint density at radius 1 is 0.962 bits per heavy atom. The second kappa shape index (κ2) is 8.22. The molecular weight excluding hydrogens is 403 g/mol. The number of carboxylic acids is 1. The van der Waals surface area contributed by atoms with Crippen LogP contribution in [0.3, 0.4) is 0 Å². The Kier molecular flexibility index (Phi) is 6.25. The molecule has 2 aromatic rings. The lowest BCUT2D eigenvalue weighted by Crippen LogP contribution is -2.15. The van der Waals surface area contributed by atoms with Crippen LogP contribution in [0.1, 0.15) is 0 Å². The number of rotatable bonds is 6. The van der Waals surface area contributed by atoms with E-state index >= 15 is 0 Å². The van der Waals surface area contributed by atoms with Crippen molar-refractivity contribution in [3.8, 4) is 0 Å². The van der Waals surface area contributed by atoms with Crippen molar-refractivity contribution in [3.63, 3.8) is 0 Å².